The molecule has 1 aromatic heterocycles. The van der Waals surface area contributed by atoms with Gasteiger partial charge in [-0.05, 0) is 24.5 Å². The van der Waals surface area contributed by atoms with E-state index in [9.17, 15) is 18.0 Å². The predicted octanol–water partition coefficient (Wildman–Crippen LogP) is 1.61. The van der Waals surface area contributed by atoms with Gasteiger partial charge in [-0.15, -0.1) is 0 Å². The fraction of sp³-hybridized carbons (Fsp3) is 0.444. The number of carbonyl (C=O) groups is 2. The van der Waals surface area contributed by atoms with Crippen molar-refractivity contribution in [1.29, 1.82) is 0 Å². The highest BCUT2D eigenvalue weighted by atomic mass is 32.2. The van der Waals surface area contributed by atoms with Crippen LogP contribution in [0.4, 0.5) is 0 Å². The number of hydrogen-bond acceptors (Lipinski definition) is 4. The zero-order chi connectivity index (χ0) is 18.6. The van der Waals surface area contributed by atoms with E-state index in [0.717, 1.165) is 29.3 Å². The molecule has 0 radical (unpaired) electrons. The fourth-order valence-electron chi connectivity index (χ4n) is 3.35. The van der Waals surface area contributed by atoms with E-state index in [-0.39, 0.29) is 29.8 Å². The maximum atomic E-state index is 12.1. The Kier molecular flexibility index (Phi) is 5.61. The van der Waals surface area contributed by atoms with Gasteiger partial charge in [0.2, 0.25) is 11.8 Å². The molecule has 1 aromatic carbocycles. The number of hydrazine groups is 1. The van der Waals surface area contributed by atoms with E-state index >= 15 is 0 Å². The van der Waals surface area contributed by atoms with Crippen molar-refractivity contribution in [3.63, 3.8) is 0 Å². The Morgan fingerprint density at radius 2 is 1.77 bits per heavy atom. The molecule has 0 aliphatic heterocycles. The number of fused-ring (bicyclic) bond motifs is 1. The monoisotopic (exact) mass is 377 g/mol. The Hall–Kier alpha value is -2.35. The van der Waals surface area contributed by atoms with Gasteiger partial charge in [-0.1, -0.05) is 31.0 Å². The lowest BCUT2D eigenvalue weighted by Gasteiger charge is -2.11. The zero-order valence-electron chi connectivity index (χ0n) is 14.5. The molecule has 8 heteroatoms. The molecule has 0 saturated heterocycles. The first-order valence-electron chi connectivity index (χ1n) is 8.80. The van der Waals surface area contributed by atoms with Gasteiger partial charge in [-0.3, -0.25) is 20.4 Å². The molecule has 1 heterocycles. The molecule has 1 fully saturated rings. The molecule has 0 spiro atoms. The number of sulfone groups is 1. The first kappa shape index (κ1) is 18.4. The summed E-state index contributed by atoms with van der Waals surface area (Å²) in [6.07, 6.45) is 4.97. The van der Waals surface area contributed by atoms with Gasteiger partial charge < -0.3 is 4.98 Å². The Morgan fingerprint density at radius 3 is 2.54 bits per heavy atom. The summed E-state index contributed by atoms with van der Waals surface area (Å²) in [5.74, 6) is -1.04. The standard InChI is InChI=1S/C18H23N3O4S/c22-17(9-10-26(24,25)14-5-1-2-6-14)20-21-18(23)11-13-12-19-16-8-4-3-7-15(13)16/h3-4,7-8,12,14,19H,1-2,5-6,9-11H2,(H,20,22)(H,21,23). The summed E-state index contributed by atoms with van der Waals surface area (Å²) >= 11 is 0. The second-order valence-corrected chi connectivity index (χ2v) is 9.06. The van der Waals surface area contributed by atoms with E-state index < -0.39 is 15.7 Å². The summed E-state index contributed by atoms with van der Waals surface area (Å²) in [5.41, 5.74) is 6.41. The van der Waals surface area contributed by atoms with Gasteiger partial charge in [-0.25, -0.2) is 8.42 Å². The molecule has 2 aromatic rings. The third-order valence-electron chi connectivity index (χ3n) is 4.79. The van der Waals surface area contributed by atoms with Gasteiger partial charge >= 0.3 is 0 Å². The SMILES string of the molecule is O=C(CCS(=O)(=O)C1CCCC1)NNC(=O)Cc1c[nH]c2ccccc12. The summed E-state index contributed by atoms with van der Waals surface area (Å²) in [7, 11) is -3.24. The number of nitrogens with one attached hydrogen (secondary N) is 3. The van der Waals surface area contributed by atoms with Crippen molar-refractivity contribution in [2.45, 2.75) is 43.8 Å². The van der Waals surface area contributed by atoms with E-state index in [1.807, 2.05) is 24.3 Å². The van der Waals surface area contributed by atoms with Gasteiger partial charge in [0.05, 0.1) is 17.4 Å². The van der Waals surface area contributed by atoms with Crippen LogP contribution in [0.2, 0.25) is 0 Å². The molecule has 26 heavy (non-hydrogen) atoms. The van der Waals surface area contributed by atoms with E-state index in [1.165, 1.54) is 0 Å². The molecule has 7 nitrogen and oxygen atoms in total. The van der Waals surface area contributed by atoms with E-state index in [1.54, 1.807) is 6.20 Å². The summed E-state index contributed by atoms with van der Waals surface area (Å²) in [5, 5.41) is 0.642. The van der Waals surface area contributed by atoms with Crippen LogP contribution in [0.25, 0.3) is 10.9 Å². The molecule has 0 bridgehead atoms. The van der Waals surface area contributed by atoms with Gasteiger partial charge in [0.1, 0.15) is 0 Å². The molecule has 140 valence electrons. The lowest BCUT2D eigenvalue weighted by atomic mass is 10.1. The number of carbonyl (C=O) groups excluding carboxylic acids is 2. The van der Waals surface area contributed by atoms with Crippen molar-refractivity contribution >= 4 is 32.6 Å². The second kappa shape index (κ2) is 7.90. The summed E-state index contributed by atoms with van der Waals surface area (Å²) in [6, 6.07) is 7.64. The van der Waals surface area contributed by atoms with E-state index in [2.05, 4.69) is 15.8 Å². The number of rotatable bonds is 6. The van der Waals surface area contributed by atoms with Crippen LogP contribution in [0.1, 0.15) is 37.7 Å². The number of aromatic amines is 1. The van der Waals surface area contributed by atoms with Crippen LogP contribution in [0.15, 0.2) is 30.5 Å². The molecule has 1 aliphatic carbocycles. The highest BCUT2D eigenvalue weighted by Gasteiger charge is 2.28. The first-order chi connectivity index (χ1) is 12.5. The van der Waals surface area contributed by atoms with Crippen molar-refractivity contribution in [2.24, 2.45) is 0 Å². The van der Waals surface area contributed by atoms with Crippen molar-refractivity contribution in [2.75, 3.05) is 5.75 Å². The van der Waals surface area contributed by atoms with Crippen LogP contribution in [0.3, 0.4) is 0 Å². The van der Waals surface area contributed by atoms with Crippen molar-refractivity contribution in [1.82, 2.24) is 15.8 Å². The number of benzene rings is 1. The van der Waals surface area contributed by atoms with Crippen molar-refractivity contribution in [3.05, 3.63) is 36.0 Å². The zero-order valence-corrected chi connectivity index (χ0v) is 15.3. The first-order valence-corrected chi connectivity index (χ1v) is 10.5. The fourth-order valence-corrected chi connectivity index (χ4v) is 5.20. The lowest BCUT2D eigenvalue weighted by molar-refractivity contribution is -0.128. The molecular weight excluding hydrogens is 354 g/mol. The third-order valence-corrected chi connectivity index (χ3v) is 7.05. The molecule has 1 aliphatic rings. The lowest BCUT2D eigenvalue weighted by Crippen LogP contribution is -2.43. The molecule has 3 rings (SSSR count). The van der Waals surface area contributed by atoms with Crippen LogP contribution >= 0.6 is 0 Å². The molecule has 2 amide bonds. The van der Waals surface area contributed by atoms with Crippen LogP contribution in [-0.4, -0.2) is 36.2 Å². The summed E-state index contributed by atoms with van der Waals surface area (Å²) in [4.78, 5) is 26.9. The van der Waals surface area contributed by atoms with Gasteiger partial charge in [-0.2, -0.15) is 0 Å². The van der Waals surface area contributed by atoms with E-state index in [0.29, 0.717) is 12.8 Å². The minimum atomic E-state index is -3.24. The number of amides is 2. The predicted molar refractivity (Wildman–Crippen MR) is 98.9 cm³/mol. The number of H-pyrrole nitrogens is 1. The normalized spacial score (nSPS) is 15.2. The van der Waals surface area contributed by atoms with Crippen LogP contribution in [0, 0.1) is 0 Å². The molecule has 0 unspecified atom stereocenters. The topological polar surface area (TPSA) is 108 Å². The molecule has 3 N–H and O–H groups in total. The molecule has 1 saturated carbocycles. The van der Waals surface area contributed by atoms with Gasteiger partial charge in [0, 0.05) is 23.5 Å². The van der Waals surface area contributed by atoms with Gasteiger partial charge in [0.25, 0.3) is 0 Å². The quantitative estimate of drug-likeness (QED) is 0.665. The van der Waals surface area contributed by atoms with Crippen LogP contribution in [-0.2, 0) is 25.8 Å². The maximum absolute atomic E-state index is 12.1. The maximum Gasteiger partial charge on any atom is 0.242 e. The van der Waals surface area contributed by atoms with Crippen molar-refractivity contribution < 1.29 is 18.0 Å². The van der Waals surface area contributed by atoms with Crippen LogP contribution < -0.4 is 10.9 Å². The molecule has 0 atom stereocenters. The largest absolute Gasteiger partial charge is 0.361 e. The smallest absolute Gasteiger partial charge is 0.242 e. The van der Waals surface area contributed by atoms with E-state index in [4.69, 9.17) is 0 Å². The summed E-state index contributed by atoms with van der Waals surface area (Å²) < 4.78 is 24.3. The van der Waals surface area contributed by atoms with Gasteiger partial charge in [0.15, 0.2) is 9.84 Å². The molecular formula is C18H23N3O4S. The Labute approximate surface area is 152 Å². The minimum Gasteiger partial charge on any atom is -0.361 e. The van der Waals surface area contributed by atoms with Crippen molar-refractivity contribution in [3.8, 4) is 0 Å². The minimum absolute atomic E-state index is 0.116. The Morgan fingerprint density at radius 1 is 1.08 bits per heavy atom. The number of aromatic nitrogens is 1. The average Bonchev–Trinajstić information content (AvgIpc) is 3.29. The highest BCUT2D eigenvalue weighted by molar-refractivity contribution is 7.92. The van der Waals surface area contributed by atoms with Crippen LogP contribution in [0.5, 0.6) is 0 Å². The number of para-hydroxylation sites is 1. The highest BCUT2D eigenvalue weighted by Crippen LogP contribution is 2.25. The summed E-state index contributed by atoms with van der Waals surface area (Å²) in [6.45, 7) is 0. The Balaban J connectivity index is 1.44. The Bertz CT molecular complexity index is 898. The number of hydrogen-bond donors (Lipinski definition) is 3. The third kappa shape index (κ3) is 4.43. The second-order valence-electron chi connectivity index (χ2n) is 6.66. The average molecular weight is 377 g/mol.